The molecule has 0 fully saturated rings. The summed E-state index contributed by atoms with van der Waals surface area (Å²) in [4.78, 5) is 15.2. The maximum atomic E-state index is 14.3. The van der Waals surface area contributed by atoms with Gasteiger partial charge in [0.05, 0.1) is 11.4 Å². The summed E-state index contributed by atoms with van der Waals surface area (Å²) in [5.74, 6) is 1.64. The summed E-state index contributed by atoms with van der Waals surface area (Å²) < 4.78 is 27.1. The number of benzene rings is 2. The van der Waals surface area contributed by atoms with Crippen LogP contribution in [0.4, 0.5) is 10.1 Å². The number of rotatable bonds is 5. The van der Waals surface area contributed by atoms with Crippen LogP contribution in [0.3, 0.4) is 0 Å². The number of amides is 1. The number of thioether (sulfide) groups is 1. The first-order valence-corrected chi connectivity index (χ1v) is 12.5. The Bertz CT molecular complexity index is 1390. The van der Waals surface area contributed by atoms with Gasteiger partial charge in [-0.3, -0.25) is 9.20 Å². The number of anilines is 1. The van der Waals surface area contributed by atoms with Gasteiger partial charge in [-0.15, -0.1) is 21.5 Å². The summed E-state index contributed by atoms with van der Waals surface area (Å²) in [5.41, 5.74) is 2.50. The van der Waals surface area contributed by atoms with Crippen LogP contribution in [-0.4, -0.2) is 34.3 Å². The van der Waals surface area contributed by atoms with Gasteiger partial charge in [-0.2, -0.15) is 0 Å². The highest BCUT2D eigenvalue weighted by Gasteiger charge is 2.28. The molecule has 34 heavy (non-hydrogen) atoms. The van der Waals surface area contributed by atoms with Crippen LogP contribution in [0, 0.1) is 11.2 Å². The molecule has 1 amide bonds. The van der Waals surface area contributed by atoms with Crippen LogP contribution in [-0.2, 0) is 10.5 Å². The summed E-state index contributed by atoms with van der Waals surface area (Å²) in [6.45, 7) is 5.77. The molecule has 1 aliphatic rings. The number of halogens is 1. The summed E-state index contributed by atoms with van der Waals surface area (Å²) in [6.07, 6.45) is 0. The highest BCUT2D eigenvalue weighted by atomic mass is 32.2. The van der Waals surface area contributed by atoms with E-state index in [0.29, 0.717) is 16.6 Å². The average Bonchev–Trinajstić information content (AvgIpc) is 3.52. The highest BCUT2D eigenvalue weighted by molar-refractivity contribution is 7.98. The lowest BCUT2D eigenvalue weighted by atomic mass is 9.94. The van der Waals surface area contributed by atoms with Crippen molar-refractivity contribution < 1.29 is 18.7 Å². The predicted molar refractivity (Wildman–Crippen MR) is 131 cm³/mol. The fraction of sp³-hybridized carbons (Fsp3) is 0.292. The Morgan fingerprint density at radius 1 is 1.18 bits per heavy atom. The molecule has 3 heterocycles. The van der Waals surface area contributed by atoms with Gasteiger partial charge in [0.15, 0.2) is 16.7 Å². The maximum absolute atomic E-state index is 14.3. The number of carbonyl (C=O) groups is 1. The summed E-state index contributed by atoms with van der Waals surface area (Å²) >= 11 is 2.99. The van der Waals surface area contributed by atoms with Crippen molar-refractivity contribution in [2.24, 2.45) is 5.41 Å². The van der Waals surface area contributed by atoms with Crippen molar-refractivity contribution in [1.29, 1.82) is 0 Å². The van der Waals surface area contributed by atoms with Gasteiger partial charge < -0.3 is 14.4 Å². The number of hydrogen-bond acceptors (Lipinski definition) is 7. The summed E-state index contributed by atoms with van der Waals surface area (Å²) in [5, 5.41) is 11.4. The van der Waals surface area contributed by atoms with E-state index >= 15 is 0 Å². The lowest BCUT2D eigenvalue weighted by molar-refractivity contribution is -0.125. The number of carbonyl (C=O) groups excluding carboxylic acids is 1. The highest BCUT2D eigenvalue weighted by Crippen LogP contribution is 2.38. The molecule has 7 nitrogen and oxygen atoms in total. The zero-order valence-electron chi connectivity index (χ0n) is 19.2. The quantitative estimate of drug-likeness (QED) is 0.332. The van der Waals surface area contributed by atoms with Gasteiger partial charge in [0.1, 0.15) is 5.82 Å². The molecule has 0 N–H and O–H groups in total. The molecule has 2 aromatic heterocycles. The first-order valence-electron chi connectivity index (χ1n) is 10.6. The molecule has 10 heteroatoms. The van der Waals surface area contributed by atoms with Crippen LogP contribution in [0.25, 0.3) is 16.2 Å². The van der Waals surface area contributed by atoms with Crippen molar-refractivity contribution in [3.63, 3.8) is 0 Å². The van der Waals surface area contributed by atoms with E-state index in [0.717, 1.165) is 33.3 Å². The molecule has 0 atom stereocenters. The van der Waals surface area contributed by atoms with E-state index in [1.165, 1.54) is 28.4 Å². The monoisotopic (exact) mass is 498 g/mol. The van der Waals surface area contributed by atoms with Gasteiger partial charge in [-0.05, 0) is 35.9 Å². The van der Waals surface area contributed by atoms with E-state index in [-0.39, 0.29) is 12.7 Å². The SMILES string of the molecule is CN(C(=O)C(C)(C)C)c1cc(F)ccc1-c1csc2nnc(SCc3ccc4c(c3)OCO4)n12. The van der Waals surface area contributed by atoms with Crippen molar-refractivity contribution in [2.45, 2.75) is 31.7 Å². The number of ether oxygens (including phenoxy) is 2. The van der Waals surface area contributed by atoms with Gasteiger partial charge in [0.2, 0.25) is 17.7 Å². The lowest BCUT2D eigenvalue weighted by Crippen LogP contribution is -2.37. The number of fused-ring (bicyclic) bond motifs is 2. The van der Waals surface area contributed by atoms with Crippen molar-refractivity contribution >= 4 is 39.7 Å². The van der Waals surface area contributed by atoms with E-state index in [4.69, 9.17) is 9.47 Å². The first-order chi connectivity index (χ1) is 16.2. The maximum Gasteiger partial charge on any atom is 0.232 e. The molecule has 0 saturated carbocycles. The molecule has 0 unspecified atom stereocenters. The van der Waals surface area contributed by atoms with Crippen LogP contribution in [0.5, 0.6) is 11.5 Å². The average molecular weight is 499 g/mol. The molecule has 1 aliphatic heterocycles. The molecule has 0 saturated heterocycles. The second-order valence-corrected chi connectivity index (χ2v) is 10.8. The Hall–Kier alpha value is -3.11. The first kappa shape index (κ1) is 22.7. The Balaban J connectivity index is 1.50. The van der Waals surface area contributed by atoms with Gasteiger partial charge in [0, 0.05) is 29.2 Å². The summed E-state index contributed by atoms with van der Waals surface area (Å²) in [7, 11) is 1.68. The van der Waals surface area contributed by atoms with Crippen molar-refractivity contribution in [3.8, 4) is 22.8 Å². The number of nitrogens with zero attached hydrogens (tertiary/aromatic N) is 4. The van der Waals surface area contributed by atoms with E-state index in [9.17, 15) is 9.18 Å². The largest absolute Gasteiger partial charge is 0.454 e. The fourth-order valence-electron chi connectivity index (χ4n) is 3.77. The zero-order chi connectivity index (χ0) is 24.0. The van der Waals surface area contributed by atoms with Crippen LogP contribution in [0.15, 0.2) is 46.9 Å². The van der Waals surface area contributed by atoms with Crippen LogP contribution in [0.1, 0.15) is 26.3 Å². The van der Waals surface area contributed by atoms with Crippen molar-refractivity contribution in [1.82, 2.24) is 14.6 Å². The number of thiazole rings is 1. The Morgan fingerprint density at radius 3 is 2.76 bits per heavy atom. The minimum absolute atomic E-state index is 0.105. The van der Waals surface area contributed by atoms with Crippen molar-refractivity contribution in [3.05, 3.63) is 53.2 Å². The fourth-order valence-corrected chi connectivity index (χ4v) is 5.54. The zero-order valence-corrected chi connectivity index (χ0v) is 20.8. The van der Waals surface area contributed by atoms with Gasteiger partial charge >= 0.3 is 0 Å². The third-order valence-electron chi connectivity index (χ3n) is 5.47. The molecule has 0 aliphatic carbocycles. The molecule has 5 rings (SSSR count). The molecule has 0 spiro atoms. The van der Waals surface area contributed by atoms with E-state index < -0.39 is 11.2 Å². The van der Waals surface area contributed by atoms with Crippen LogP contribution in [0.2, 0.25) is 0 Å². The normalized spacial score (nSPS) is 13.0. The molecule has 4 aromatic rings. The third-order valence-corrected chi connectivity index (χ3v) is 7.29. The Labute approximate surface area is 204 Å². The second kappa shape index (κ2) is 8.59. The van der Waals surface area contributed by atoms with E-state index in [2.05, 4.69) is 10.2 Å². The topological polar surface area (TPSA) is 69.0 Å². The smallest absolute Gasteiger partial charge is 0.232 e. The summed E-state index contributed by atoms with van der Waals surface area (Å²) in [6, 6.07) is 10.4. The number of aromatic nitrogens is 3. The van der Waals surface area contributed by atoms with Gasteiger partial charge in [-0.25, -0.2) is 4.39 Å². The van der Waals surface area contributed by atoms with Gasteiger partial charge in [0.25, 0.3) is 0 Å². The van der Waals surface area contributed by atoms with Crippen molar-refractivity contribution in [2.75, 3.05) is 18.7 Å². The van der Waals surface area contributed by atoms with Crippen LogP contribution < -0.4 is 14.4 Å². The van der Waals surface area contributed by atoms with E-state index in [1.807, 2.05) is 48.8 Å². The molecule has 176 valence electrons. The predicted octanol–water partition coefficient (Wildman–Crippen LogP) is 5.63. The second-order valence-electron chi connectivity index (χ2n) is 8.97. The minimum atomic E-state index is -0.607. The molecular formula is C24H23FN4O3S2. The standard InChI is InChI=1S/C24H23FN4O3S2/c1-24(2,3)21(30)28(4)17-10-15(25)6-7-16(17)18-12-34-23-27-26-22(29(18)23)33-11-14-5-8-19-20(9-14)32-13-31-19/h5-10,12H,11,13H2,1-4H3. The number of hydrogen-bond donors (Lipinski definition) is 0. The minimum Gasteiger partial charge on any atom is -0.454 e. The van der Waals surface area contributed by atoms with Gasteiger partial charge in [-0.1, -0.05) is 38.6 Å². The molecule has 2 aromatic carbocycles. The van der Waals surface area contributed by atoms with E-state index in [1.54, 1.807) is 24.9 Å². The van der Waals surface area contributed by atoms with Crippen LogP contribution >= 0.6 is 23.1 Å². The lowest BCUT2D eigenvalue weighted by Gasteiger charge is -2.27. The molecular weight excluding hydrogens is 475 g/mol. The Kier molecular flexibility index (Phi) is 5.73. The Morgan fingerprint density at radius 2 is 1.97 bits per heavy atom. The third kappa shape index (κ3) is 4.12. The molecule has 0 radical (unpaired) electrons. The molecule has 0 bridgehead atoms.